The molecule has 0 amide bonds. The fourth-order valence-corrected chi connectivity index (χ4v) is 2.52. The molecule has 2 N–H and O–H groups in total. The van der Waals surface area contributed by atoms with Crippen LogP contribution in [0.1, 0.15) is 25.7 Å². The van der Waals surface area contributed by atoms with E-state index in [0.29, 0.717) is 30.9 Å². The number of anilines is 1. The van der Waals surface area contributed by atoms with E-state index in [4.69, 9.17) is 0 Å². The molecule has 0 atom stereocenters. The lowest BCUT2D eigenvalue weighted by molar-refractivity contribution is -0.147. The van der Waals surface area contributed by atoms with Crippen molar-refractivity contribution in [3.05, 3.63) is 12.1 Å². The molecule has 19 heavy (non-hydrogen) atoms. The van der Waals surface area contributed by atoms with Crippen molar-refractivity contribution in [2.45, 2.75) is 25.7 Å². The van der Waals surface area contributed by atoms with Gasteiger partial charge in [-0.05, 0) is 35.4 Å². The molecule has 1 aliphatic rings. The second-order valence-corrected chi connectivity index (χ2v) is 4.89. The molecular formula is C11H14N6O2. The first-order valence-corrected chi connectivity index (χ1v) is 6.22. The number of aliphatic carboxylic acids is 1. The zero-order chi connectivity index (χ0) is 13.3. The minimum atomic E-state index is -0.735. The van der Waals surface area contributed by atoms with Gasteiger partial charge in [0.05, 0.1) is 5.41 Å². The molecule has 0 aromatic carbocycles. The van der Waals surface area contributed by atoms with Crippen molar-refractivity contribution in [1.82, 2.24) is 25.3 Å². The Kier molecular flexibility index (Phi) is 2.77. The fraction of sp³-hybridized carbons (Fsp3) is 0.545. The number of tetrazole rings is 1. The molecule has 0 saturated heterocycles. The maximum Gasteiger partial charge on any atom is 0.311 e. The number of carboxylic acid groups (broad SMARTS) is 1. The zero-order valence-electron chi connectivity index (χ0n) is 10.3. The first kappa shape index (κ1) is 11.8. The normalized spacial score (nSPS) is 17.7. The van der Waals surface area contributed by atoms with E-state index in [1.807, 2.05) is 0 Å². The van der Waals surface area contributed by atoms with Crippen LogP contribution >= 0.6 is 0 Å². The van der Waals surface area contributed by atoms with Gasteiger partial charge in [-0.25, -0.2) is 0 Å². The standard InChI is InChI=1S/C11H14N6O2/c18-10(19)11(5-1-2-6-11)7-12-8-3-4-9-13-15-16-17(9)14-8/h3-4H,1-2,5-7H2,(H,12,14)(H,18,19). The lowest BCUT2D eigenvalue weighted by Crippen LogP contribution is -2.35. The Morgan fingerprint density at radius 3 is 2.95 bits per heavy atom. The molecule has 3 rings (SSSR count). The van der Waals surface area contributed by atoms with Crippen molar-refractivity contribution in [1.29, 1.82) is 0 Å². The van der Waals surface area contributed by atoms with Gasteiger partial charge in [0, 0.05) is 6.54 Å². The molecule has 100 valence electrons. The van der Waals surface area contributed by atoms with Crippen LogP contribution in [0.4, 0.5) is 5.82 Å². The van der Waals surface area contributed by atoms with Crippen molar-refractivity contribution >= 4 is 17.4 Å². The number of hydrogen-bond donors (Lipinski definition) is 2. The number of carbonyl (C=O) groups is 1. The topological polar surface area (TPSA) is 105 Å². The van der Waals surface area contributed by atoms with Gasteiger partial charge in [0.25, 0.3) is 0 Å². The van der Waals surface area contributed by atoms with Crippen LogP contribution in [-0.4, -0.2) is 42.9 Å². The Morgan fingerprint density at radius 2 is 2.21 bits per heavy atom. The Balaban J connectivity index is 1.75. The van der Waals surface area contributed by atoms with E-state index >= 15 is 0 Å². The largest absolute Gasteiger partial charge is 0.481 e. The molecule has 0 radical (unpaired) electrons. The van der Waals surface area contributed by atoms with Crippen LogP contribution in [0, 0.1) is 5.41 Å². The molecule has 0 unspecified atom stereocenters. The molecule has 0 aliphatic heterocycles. The van der Waals surface area contributed by atoms with Gasteiger partial charge in [0.15, 0.2) is 5.65 Å². The predicted octanol–water partition coefficient (Wildman–Crippen LogP) is 0.576. The average molecular weight is 262 g/mol. The van der Waals surface area contributed by atoms with Gasteiger partial charge in [-0.15, -0.1) is 14.8 Å². The van der Waals surface area contributed by atoms with Crippen LogP contribution in [0.25, 0.3) is 5.65 Å². The average Bonchev–Trinajstić information content (AvgIpc) is 3.05. The lowest BCUT2D eigenvalue weighted by atomic mass is 9.86. The summed E-state index contributed by atoms with van der Waals surface area (Å²) in [7, 11) is 0. The van der Waals surface area contributed by atoms with Crippen LogP contribution in [0.3, 0.4) is 0 Å². The quantitative estimate of drug-likeness (QED) is 0.830. The predicted molar refractivity (Wildman–Crippen MR) is 65.6 cm³/mol. The van der Waals surface area contributed by atoms with Crippen LogP contribution in [0.15, 0.2) is 12.1 Å². The van der Waals surface area contributed by atoms with E-state index < -0.39 is 11.4 Å². The number of rotatable bonds is 4. The molecule has 8 nitrogen and oxygen atoms in total. The zero-order valence-corrected chi connectivity index (χ0v) is 10.3. The maximum absolute atomic E-state index is 11.4. The van der Waals surface area contributed by atoms with E-state index in [1.165, 1.54) is 4.63 Å². The lowest BCUT2D eigenvalue weighted by Gasteiger charge is -2.24. The first-order valence-electron chi connectivity index (χ1n) is 6.22. The molecule has 0 bridgehead atoms. The molecule has 2 heterocycles. The highest BCUT2D eigenvalue weighted by molar-refractivity contribution is 5.75. The summed E-state index contributed by atoms with van der Waals surface area (Å²) in [6, 6.07) is 3.48. The third-order valence-corrected chi connectivity index (χ3v) is 3.69. The Labute approximate surface area is 108 Å². The van der Waals surface area contributed by atoms with E-state index in [9.17, 15) is 9.90 Å². The summed E-state index contributed by atoms with van der Waals surface area (Å²) < 4.78 is 1.31. The van der Waals surface area contributed by atoms with Crippen molar-refractivity contribution in [2.75, 3.05) is 11.9 Å². The number of nitrogens with zero attached hydrogens (tertiary/aromatic N) is 5. The second kappa shape index (κ2) is 4.45. The van der Waals surface area contributed by atoms with Crippen LogP contribution in [0.5, 0.6) is 0 Å². The molecule has 1 aliphatic carbocycles. The van der Waals surface area contributed by atoms with Crippen molar-refractivity contribution in [3.8, 4) is 0 Å². The van der Waals surface area contributed by atoms with E-state index in [0.717, 1.165) is 12.8 Å². The number of hydrogen-bond acceptors (Lipinski definition) is 6. The fourth-order valence-electron chi connectivity index (χ4n) is 2.52. The third kappa shape index (κ3) is 2.09. The minimum absolute atomic E-state index is 0.378. The summed E-state index contributed by atoms with van der Waals surface area (Å²) in [5, 5.41) is 27.6. The van der Waals surface area contributed by atoms with Gasteiger partial charge in [-0.3, -0.25) is 4.79 Å². The van der Waals surface area contributed by atoms with Gasteiger partial charge >= 0.3 is 5.97 Å². The van der Waals surface area contributed by atoms with Crippen molar-refractivity contribution < 1.29 is 9.90 Å². The monoisotopic (exact) mass is 262 g/mol. The van der Waals surface area contributed by atoms with Gasteiger partial charge in [0.2, 0.25) is 0 Å². The summed E-state index contributed by atoms with van der Waals surface area (Å²) in [4.78, 5) is 11.4. The number of aromatic nitrogens is 5. The maximum atomic E-state index is 11.4. The molecule has 2 aromatic heterocycles. The summed E-state index contributed by atoms with van der Waals surface area (Å²) in [6.07, 6.45) is 3.35. The number of fused-ring (bicyclic) bond motifs is 1. The highest BCUT2D eigenvalue weighted by atomic mass is 16.4. The Bertz CT molecular complexity index is 604. The molecule has 8 heteroatoms. The summed E-state index contributed by atoms with van der Waals surface area (Å²) >= 11 is 0. The van der Waals surface area contributed by atoms with Crippen LogP contribution in [0.2, 0.25) is 0 Å². The van der Waals surface area contributed by atoms with Crippen LogP contribution < -0.4 is 5.32 Å². The molecule has 2 aromatic rings. The van der Waals surface area contributed by atoms with Gasteiger partial charge in [-0.2, -0.15) is 0 Å². The van der Waals surface area contributed by atoms with Gasteiger partial charge < -0.3 is 10.4 Å². The number of carboxylic acids is 1. The van der Waals surface area contributed by atoms with E-state index in [-0.39, 0.29) is 0 Å². The Morgan fingerprint density at radius 1 is 1.42 bits per heavy atom. The summed E-state index contributed by atoms with van der Waals surface area (Å²) in [6.45, 7) is 0.378. The van der Waals surface area contributed by atoms with Gasteiger partial charge in [-0.1, -0.05) is 12.8 Å². The minimum Gasteiger partial charge on any atom is -0.481 e. The molecule has 0 spiro atoms. The van der Waals surface area contributed by atoms with E-state index in [2.05, 4.69) is 25.9 Å². The summed E-state index contributed by atoms with van der Waals surface area (Å²) in [5.41, 5.74) is -0.114. The summed E-state index contributed by atoms with van der Waals surface area (Å²) in [5.74, 6) is -0.159. The van der Waals surface area contributed by atoms with Crippen LogP contribution in [-0.2, 0) is 4.79 Å². The van der Waals surface area contributed by atoms with Crippen molar-refractivity contribution in [2.24, 2.45) is 5.41 Å². The Hall–Kier alpha value is -2.25. The first-order chi connectivity index (χ1) is 9.20. The van der Waals surface area contributed by atoms with Crippen molar-refractivity contribution in [3.63, 3.8) is 0 Å². The van der Waals surface area contributed by atoms with E-state index in [1.54, 1.807) is 12.1 Å². The highest BCUT2D eigenvalue weighted by Gasteiger charge is 2.41. The molecular weight excluding hydrogens is 248 g/mol. The SMILES string of the molecule is O=C(O)C1(CNc2ccc3nnnn3n2)CCCC1. The second-order valence-electron chi connectivity index (χ2n) is 4.89. The molecule has 1 saturated carbocycles. The van der Waals surface area contributed by atoms with Gasteiger partial charge in [0.1, 0.15) is 5.82 Å². The molecule has 1 fully saturated rings. The number of nitrogens with one attached hydrogen (secondary N) is 1. The smallest absolute Gasteiger partial charge is 0.311 e. The third-order valence-electron chi connectivity index (χ3n) is 3.69. The highest BCUT2D eigenvalue weighted by Crippen LogP contribution is 2.38.